The molecule has 3 nitrogen and oxygen atoms in total. The fourth-order valence-corrected chi connectivity index (χ4v) is 1.66. The number of hydrogen-bond donors (Lipinski definition) is 1. The van der Waals surface area contributed by atoms with E-state index in [-0.39, 0.29) is 5.91 Å². The molecule has 0 aliphatic rings. The van der Waals surface area contributed by atoms with Gasteiger partial charge in [0.2, 0.25) is 0 Å². The van der Waals surface area contributed by atoms with Crippen molar-refractivity contribution in [3.63, 3.8) is 0 Å². The van der Waals surface area contributed by atoms with Gasteiger partial charge in [0.25, 0.3) is 0 Å². The Morgan fingerprint density at radius 2 is 1.95 bits per heavy atom. The summed E-state index contributed by atoms with van der Waals surface area (Å²) in [5, 5.41) is 3.07. The van der Waals surface area contributed by atoms with Crippen molar-refractivity contribution in [3.05, 3.63) is 58.9 Å². The van der Waals surface area contributed by atoms with Crippen molar-refractivity contribution < 1.29 is 4.79 Å². The number of carbonyl (C=O) groups is 1. The van der Waals surface area contributed by atoms with E-state index in [9.17, 15) is 4.79 Å². The zero-order chi connectivity index (χ0) is 13.7. The summed E-state index contributed by atoms with van der Waals surface area (Å²) >= 11 is 5.74. The third-order valence-electron chi connectivity index (χ3n) is 2.39. The highest BCUT2D eigenvalue weighted by Gasteiger charge is 2.03. The lowest BCUT2D eigenvalue weighted by atomic mass is 10.2. The molecule has 2 aromatic rings. The van der Waals surface area contributed by atoms with Gasteiger partial charge in [-0.15, -0.1) is 0 Å². The van der Waals surface area contributed by atoms with Gasteiger partial charge in [0.15, 0.2) is 0 Å². The van der Waals surface area contributed by atoms with Gasteiger partial charge >= 0.3 is 5.91 Å². The number of pyridine rings is 1. The van der Waals surface area contributed by atoms with Crippen LogP contribution in [-0.4, -0.2) is 10.9 Å². The maximum absolute atomic E-state index is 11.7. The van der Waals surface area contributed by atoms with Crippen LogP contribution < -0.4 is 5.32 Å². The summed E-state index contributed by atoms with van der Waals surface area (Å²) in [5.74, 6) is 4.94. The third-order valence-corrected chi connectivity index (χ3v) is 2.60. The smallest absolute Gasteiger partial charge is 0.300 e. The van der Waals surface area contributed by atoms with Crippen molar-refractivity contribution in [1.29, 1.82) is 0 Å². The maximum Gasteiger partial charge on any atom is 0.300 e. The average molecular weight is 271 g/mol. The Morgan fingerprint density at radius 3 is 2.63 bits per heavy atom. The minimum absolute atomic E-state index is 0.379. The van der Waals surface area contributed by atoms with Crippen molar-refractivity contribution in [3.8, 4) is 11.8 Å². The van der Waals surface area contributed by atoms with Crippen LogP contribution in [-0.2, 0) is 4.79 Å². The first-order valence-corrected chi connectivity index (χ1v) is 6.04. The van der Waals surface area contributed by atoms with Crippen LogP contribution in [0.1, 0.15) is 11.3 Å². The van der Waals surface area contributed by atoms with Crippen LogP contribution in [0.5, 0.6) is 0 Å². The molecule has 0 spiro atoms. The lowest BCUT2D eigenvalue weighted by Gasteiger charge is -2.04. The molecule has 4 heteroatoms. The van der Waals surface area contributed by atoms with Crippen LogP contribution in [0.3, 0.4) is 0 Å². The number of amides is 1. The molecule has 0 fully saturated rings. The second-order valence-corrected chi connectivity index (χ2v) is 4.22. The number of nitrogens with one attached hydrogen (secondary N) is 1. The Morgan fingerprint density at radius 1 is 1.21 bits per heavy atom. The van der Waals surface area contributed by atoms with Crippen molar-refractivity contribution in [1.82, 2.24) is 4.98 Å². The minimum atomic E-state index is -0.379. The quantitative estimate of drug-likeness (QED) is 0.639. The van der Waals surface area contributed by atoms with E-state index in [4.69, 9.17) is 11.6 Å². The van der Waals surface area contributed by atoms with E-state index in [1.165, 1.54) is 0 Å². The van der Waals surface area contributed by atoms with E-state index in [1.807, 2.05) is 30.3 Å². The van der Waals surface area contributed by atoms with Gasteiger partial charge < -0.3 is 5.32 Å². The van der Waals surface area contributed by atoms with Crippen LogP contribution in [0.4, 0.5) is 5.69 Å². The number of nitrogens with zero attached hydrogens (tertiary/aromatic N) is 1. The van der Waals surface area contributed by atoms with Gasteiger partial charge in [0.1, 0.15) is 5.15 Å². The zero-order valence-corrected chi connectivity index (χ0v) is 11.0. The van der Waals surface area contributed by atoms with Crippen molar-refractivity contribution in [2.45, 2.75) is 6.92 Å². The molecule has 1 N–H and O–H groups in total. The fraction of sp³-hybridized carbons (Fsp3) is 0.0667. The molecular weight excluding hydrogens is 260 g/mol. The molecule has 1 aromatic carbocycles. The largest absolute Gasteiger partial charge is 0.313 e. The zero-order valence-electron chi connectivity index (χ0n) is 10.3. The van der Waals surface area contributed by atoms with Gasteiger partial charge in [0, 0.05) is 11.5 Å². The first-order valence-electron chi connectivity index (χ1n) is 5.66. The number of hydrogen-bond acceptors (Lipinski definition) is 2. The molecule has 1 amide bonds. The molecule has 19 heavy (non-hydrogen) atoms. The van der Waals surface area contributed by atoms with E-state index in [0.717, 1.165) is 5.56 Å². The molecule has 1 heterocycles. The first kappa shape index (κ1) is 13.1. The number of benzene rings is 1. The average Bonchev–Trinajstić information content (AvgIpc) is 2.41. The Balaban J connectivity index is 2.08. The summed E-state index contributed by atoms with van der Waals surface area (Å²) in [7, 11) is 0. The first-order chi connectivity index (χ1) is 9.15. The van der Waals surface area contributed by atoms with E-state index >= 15 is 0 Å². The van der Waals surface area contributed by atoms with Crippen molar-refractivity contribution in [2.75, 3.05) is 5.32 Å². The highest BCUT2D eigenvalue weighted by atomic mass is 35.5. The second kappa shape index (κ2) is 6.03. The number of aryl methyl sites for hydroxylation is 1. The molecule has 0 aliphatic carbocycles. The summed E-state index contributed by atoms with van der Waals surface area (Å²) in [4.78, 5) is 15.7. The summed E-state index contributed by atoms with van der Waals surface area (Å²) in [6, 6.07) is 12.6. The van der Waals surface area contributed by atoms with Crippen molar-refractivity contribution in [2.24, 2.45) is 0 Å². The lowest BCUT2D eigenvalue weighted by molar-refractivity contribution is -0.111. The van der Waals surface area contributed by atoms with Gasteiger partial charge in [-0.3, -0.25) is 4.79 Å². The van der Waals surface area contributed by atoms with E-state index < -0.39 is 0 Å². The molecule has 0 radical (unpaired) electrons. The highest BCUT2D eigenvalue weighted by Crippen LogP contribution is 2.15. The van der Waals surface area contributed by atoms with Crippen LogP contribution in [0.25, 0.3) is 0 Å². The second-order valence-electron chi connectivity index (χ2n) is 3.84. The number of rotatable bonds is 1. The molecule has 2 rings (SSSR count). The Kier molecular flexibility index (Phi) is 4.17. The van der Waals surface area contributed by atoms with Crippen LogP contribution in [0.15, 0.2) is 42.5 Å². The van der Waals surface area contributed by atoms with Gasteiger partial charge in [-0.2, -0.15) is 0 Å². The number of anilines is 1. The predicted molar refractivity (Wildman–Crippen MR) is 75.9 cm³/mol. The number of carbonyl (C=O) groups excluding carboxylic acids is 1. The summed E-state index contributed by atoms with van der Waals surface area (Å²) in [6.07, 6.45) is 0. The number of aromatic nitrogens is 1. The molecule has 94 valence electrons. The standard InChI is InChI=1S/C15H11ClN2O/c1-11-13(8-9-14(16)17-11)18-15(19)10-7-12-5-3-2-4-6-12/h2-6,8-9H,1H3,(H,18,19). The third kappa shape index (κ3) is 3.84. The highest BCUT2D eigenvalue weighted by molar-refractivity contribution is 6.29. The van der Waals surface area contributed by atoms with Gasteiger partial charge in [-0.05, 0) is 31.2 Å². The predicted octanol–water partition coefficient (Wildman–Crippen LogP) is 3.03. The summed E-state index contributed by atoms with van der Waals surface area (Å²) in [6.45, 7) is 1.77. The fourth-order valence-electron chi connectivity index (χ4n) is 1.47. The SMILES string of the molecule is Cc1nc(Cl)ccc1NC(=O)C#Cc1ccccc1. The van der Waals surface area contributed by atoms with Gasteiger partial charge in [-0.25, -0.2) is 4.98 Å². The van der Waals surface area contributed by atoms with Crippen LogP contribution >= 0.6 is 11.6 Å². The molecule has 0 aliphatic heterocycles. The van der Waals surface area contributed by atoms with E-state index in [2.05, 4.69) is 22.1 Å². The van der Waals surface area contributed by atoms with Gasteiger partial charge in [0.05, 0.1) is 11.4 Å². The number of halogens is 1. The topological polar surface area (TPSA) is 42.0 Å². The molecule has 0 unspecified atom stereocenters. The molecule has 0 bridgehead atoms. The van der Waals surface area contributed by atoms with E-state index in [1.54, 1.807) is 19.1 Å². The molecule has 0 saturated carbocycles. The Hall–Kier alpha value is -2.31. The molecule has 0 saturated heterocycles. The molecule has 0 atom stereocenters. The molecular formula is C15H11ClN2O. The Bertz CT molecular complexity index is 657. The summed E-state index contributed by atoms with van der Waals surface area (Å²) < 4.78 is 0. The van der Waals surface area contributed by atoms with Crippen LogP contribution in [0, 0.1) is 18.8 Å². The van der Waals surface area contributed by atoms with Crippen LogP contribution in [0.2, 0.25) is 5.15 Å². The minimum Gasteiger partial charge on any atom is -0.313 e. The lowest BCUT2D eigenvalue weighted by Crippen LogP contribution is -2.10. The maximum atomic E-state index is 11.7. The molecule has 1 aromatic heterocycles. The van der Waals surface area contributed by atoms with Crippen molar-refractivity contribution >= 4 is 23.2 Å². The van der Waals surface area contributed by atoms with E-state index in [0.29, 0.717) is 16.5 Å². The normalized spacial score (nSPS) is 9.37. The monoisotopic (exact) mass is 270 g/mol. The summed E-state index contributed by atoms with van der Waals surface area (Å²) in [5.41, 5.74) is 2.06. The van der Waals surface area contributed by atoms with Gasteiger partial charge in [-0.1, -0.05) is 35.7 Å². The Labute approximate surface area is 116 Å².